The average molecular weight is 299 g/mol. The minimum Gasteiger partial charge on any atom is -0.324 e. The van der Waals surface area contributed by atoms with Crippen LogP contribution in [0.2, 0.25) is 0 Å². The number of pyridine rings is 1. The highest BCUT2D eigenvalue weighted by Gasteiger charge is 2.11. The summed E-state index contributed by atoms with van der Waals surface area (Å²) >= 11 is 1.57. The summed E-state index contributed by atoms with van der Waals surface area (Å²) in [5, 5.41) is 2.93. The fourth-order valence-electron chi connectivity index (χ4n) is 2.05. The van der Waals surface area contributed by atoms with Crippen LogP contribution in [0.4, 0.5) is 4.39 Å². The zero-order valence-electron chi connectivity index (χ0n) is 11.2. The predicted octanol–water partition coefficient (Wildman–Crippen LogP) is 3.59. The van der Waals surface area contributed by atoms with E-state index in [2.05, 4.69) is 9.97 Å². The van der Waals surface area contributed by atoms with E-state index in [0.717, 1.165) is 22.0 Å². The van der Waals surface area contributed by atoms with Crippen LogP contribution in [-0.4, -0.2) is 9.97 Å². The lowest BCUT2D eigenvalue weighted by Crippen LogP contribution is -2.13. The molecule has 0 aliphatic rings. The van der Waals surface area contributed by atoms with Gasteiger partial charge in [0, 0.05) is 24.0 Å². The Bertz CT molecular complexity index is 710. The molecule has 2 aromatic heterocycles. The SMILES string of the molecule is NC(Cc1nc(-c2ccccn2)cs1)c1ccc(F)cc1. The van der Waals surface area contributed by atoms with Gasteiger partial charge in [-0.3, -0.25) is 4.98 Å². The summed E-state index contributed by atoms with van der Waals surface area (Å²) in [6.45, 7) is 0. The summed E-state index contributed by atoms with van der Waals surface area (Å²) in [6.07, 6.45) is 2.38. The van der Waals surface area contributed by atoms with Crippen molar-refractivity contribution in [2.24, 2.45) is 5.73 Å². The van der Waals surface area contributed by atoms with Gasteiger partial charge in [-0.05, 0) is 29.8 Å². The van der Waals surface area contributed by atoms with Crippen molar-refractivity contribution in [1.29, 1.82) is 0 Å². The van der Waals surface area contributed by atoms with Crippen LogP contribution in [-0.2, 0) is 6.42 Å². The van der Waals surface area contributed by atoms with Crippen molar-refractivity contribution in [1.82, 2.24) is 9.97 Å². The number of thiazole rings is 1. The monoisotopic (exact) mass is 299 g/mol. The van der Waals surface area contributed by atoms with E-state index in [1.807, 2.05) is 23.6 Å². The Labute approximate surface area is 126 Å². The number of hydrogen-bond acceptors (Lipinski definition) is 4. The second-order valence-electron chi connectivity index (χ2n) is 4.70. The van der Waals surface area contributed by atoms with E-state index in [9.17, 15) is 4.39 Å². The average Bonchev–Trinajstić information content (AvgIpc) is 2.97. The first-order valence-electron chi connectivity index (χ1n) is 6.59. The minimum absolute atomic E-state index is 0.187. The molecule has 106 valence electrons. The summed E-state index contributed by atoms with van der Waals surface area (Å²) in [6, 6.07) is 11.8. The van der Waals surface area contributed by atoms with Gasteiger partial charge in [-0.2, -0.15) is 0 Å². The summed E-state index contributed by atoms with van der Waals surface area (Å²) in [4.78, 5) is 8.85. The van der Waals surface area contributed by atoms with E-state index in [4.69, 9.17) is 5.73 Å². The first kappa shape index (κ1) is 13.9. The van der Waals surface area contributed by atoms with Gasteiger partial charge in [0.2, 0.25) is 0 Å². The van der Waals surface area contributed by atoms with Crippen molar-refractivity contribution >= 4 is 11.3 Å². The Kier molecular flexibility index (Phi) is 4.03. The van der Waals surface area contributed by atoms with Crippen LogP contribution < -0.4 is 5.73 Å². The molecule has 2 heterocycles. The van der Waals surface area contributed by atoms with Crippen LogP contribution in [0.5, 0.6) is 0 Å². The molecule has 0 fully saturated rings. The van der Waals surface area contributed by atoms with Crippen molar-refractivity contribution in [2.75, 3.05) is 0 Å². The standard InChI is InChI=1S/C16H14FN3S/c17-12-6-4-11(5-7-12)13(18)9-16-20-15(10-21-16)14-3-1-2-8-19-14/h1-8,10,13H,9,18H2. The second-order valence-corrected chi connectivity index (χ2v) is 5.65. The van der Waals surface area contributed by atoms with Gasteiger partial charge in [-0.15, -0.1) is 11.3 Å². The molecule has 0 bridgehead atoms. The lowest BCUT2D eigenvalue weighted by molar-refractivity contribution is 0.624. The molecule has 2 N–H and O–H groups in total. The van der Waals surface area contributed by atoms with Gasteiger partial charge in [-0.1, -0.05) is 18.2 Å². The van der Waals surface area contributed by atoms with Crippen LogP contribution in [0.15, 0.2) is 54.0 Å². The normalized spacial score (nSPS) is 12.3. The van der Waals surface area contributed by atoms with E-state index in [0.29, 0.717) is 6.42 Å². The molecule has 3 nitrogen and oxygen atoms in total. The molecule has 0 amide bonds. The molecule has 0 saturated heterocycles. The second kappa shape index (κ2) is 6.11. The van der Waals surface area contributed by atoms with Crippen molar-refractivity contribution in [3.05, 3.63) is 70.4 Å². The molecule has 0 radical (unpaired) electrons. The molecular formula is C16H14FN3S. The number of hydrogen-bond donors (Lipinski definition) is 1. The number of aromatic nitrogens is 2. The van der Waals surface area contributed by atoms with Crippen molar-refractivity contribution < 1.29 is 4.39 Å². The smallest absolute Gasteiger partial charge is 0.123 e. The quantitative estimate of drug-likeness (QED) is 0.801. The molecule has 0 aliphatic heterocycles. The Morgan fingerprint density at radius 3 is 2.62 bits per heavy atom. The van der Waals surface area contributed by atoms with Gasteiger partial charge in [-0.25, -0.2) is 9.37 Å². The van der Waals surface area contributed by atoms with E-state index < -0.39 is 0 Å². The number of halogens is 1. The van der Waals surface area contributed by atoms with Gasteiger partial charge >= 0.3 is 0 Å². The molecule has 3 aromatic rings. The molecule has 1 aromatic carbocycles. The van der Waals surface area contributed by atoms with E-state index in [1.165, 1.54) is 12.1 Å². The predicted molar refractivity (Wildman–Crippen MR) is 82.4 cm³/mol. The summed E-state index contributed by atoms with van der Waals surface area (Å²) in [5.41, 5.74) is 8.78. The molecule has 3 rings (SSSR count). The third-order valence-corrected chi connectivity index (χ3v) is 4.04. The van der Waals surface area contributed by atoms with Crippen LogP contribution in [0.1, 0.15) is 16.6 Å². The van der Waals surface area contributed by atoms with Crippen molar-refractivity contribution in [3.8, 4) is 11.4 Å². The highest BCUT2D eigenvalue weighted by Crippen LogP contribution is 2.23. The maximum Gasteiger partial charge on any atom is 0.123 e. The maximum atomic E-state index is 12.9. The minimum atomic E-state index is -0.252. The molecule has 0 spiro atoms. The Morgan fingerprint density at radius 2 is 1.90 bits per heavy atom. The zero-order valence-corrected chi connectivity index (χ0v) is 12.1. The van der Waals surface area contributed by atoms with Crippen molar-refractivity contribution in [3.63, 3.8) is 0 Å². The summed E-state index contributed by atoms with van der Waals surface area (Å²) in [7, 11) is 0. The Balaban J connectivity index is 1.74. The van der Waals surface area contributed by atoms with Crippen LogP contribution >= 0.6 is 11.3 Å². The van der Waals surface area contributed by atoms with Gasteiger partial charge in [0.05, 0.1) is 16.4 Å². The van der Waals surface area contributed by atoms with Gasteiger partial charge < -0.3 is 5.73 Å². The van der Waals surface area contributed by atoms with E-state index in [-0.39, 0.29) is 11.9 Å². The molecule has 0 aliphatic carbocycles. The van der Waals surface area contributed by atoms with Crippen LogP contribution in [0, 0.1) is 5.82 Å². The molecule has 0 saturated carbocycles. The lowest BCUT2D eigenvalue weighted by Gasteiger charge is -2.09. The van der Waals surface area contributed by atoms with Gasteiger partial charge in [0.1, 0.15) is 5.82 Å². The van der Waals surface area contributed by atoms with Crippen LogP contribution in [0.3, 0.4) is 0 Å². The third kappa shape index (κ3) is 3.32. The molecule has 1 atom stereocenters. The maximum absolute atomic E-state index is 12.9. The van der Waals surface area contributed by atoms with E-state index >= 15 is 0 Å². The Morgan fingerprint density at radius 1 is 1.10 bits per heavy atom. The molecule has 5 heteroatoms. The fourth-order valence-corrected chi connectivity index (χ4v) is 2.90. The largest absolute Gasteiger partial charge is 0.324 e. The highest BCUT2D eigenvalue weighted by atomic mass is 32.1. The zero-order chi connectivity index (χ0) is 14.7. The highest BCUT2D eigenvalue weighted by molar-refractivity contribution is 7.09. The summed E-state index contributed by atoms with van der Waals surface area (Å²) < 4.78 is 12.9. The molecule has 1 unspecified atom stereocenters. The molecular weight excluding hydrogens is 285 g/mol. The van der Waals surface area contributed by atoms with Crippen LogP contribution in [0.25, 0.3) is 11.4 Å². The van der Waals surface area contributed by atoms with Crippen molar-refractivity contribution in [2.45, 2.75) is 12.5 Å². The number of nitrogens with zero attached hydrogens (tertiary/aromatic N) is 2. The lowest BCUT2D eigenvalue weighted by atomic mass is 10.1. The topological polar surface area (TPSA) is 51.8 Å². The number of benzene rings is 1. The first-order valence-corrected chi connectivity index (χ1v) is 7.47. The summed E-state index contributed by atoms with van der Waals surface area (Å²) in [5.74, 6) is -0.252. The molecule has 21 heavy (non-hydrogen) atoms. The van der Waals surface area contributed by atoms with E-state index in [1.54, 1.807) is 29.7 Å². The third-order valence-electron chi connectivity index (χ3n) is 3.17. The fraction of sp³-hybridized carbons (Fsp3) is 0.125. The first-order chi connectivity index (χ1) is 10.2. The number of nitrogens with two attached hydrogens (primary N) is 1. The van der Waals surface area contributed by atoms with Gasteiger partial charge in [0.15, 0.2) is 0 Å². The Hall–Kier alpha value is -2.11. The van der Waals surface area contributed by atoms with Gasteiger partial charge in [0.25, 0.3) is 0 Å². The number of rotatable bonds is 4.